The molecule has 1 saturated heterocycles. The van der Waals surface area contributed by atoms with Gasteiger partial charge in [-0.25, -0.2) is 8.42 Å². The molecule has 1 fully saturated rings. The minimum absolute atomic E-state index is 0.0949. The summed E-state index contributed by atoms with van der Waals surface area (Å²) in [5, 5.41) is 6.29. The Labute approximate surface area is 155 Å². The number of alkyl halides is 6. The van der Waals surface area contributed by atoms with Crippen LogP contribution in [-0.4, -0.2) is 36.0 Å². The van der Waals surface area contributed by atoms with E-state index >= 15 is 0 Å². The lowest BCUT2D eigenvalue weighted by Gasteiger charge is -2.29. The van der Waals surface area contributed by atoms with Crippen LogP contribution in [0.2, 0.25) is 0 Å². The normalized spacial score (nSPS) is 17.8. The van der Waals surface area contributed by atoms with Gasteiger partial charge in [0.2, 0.25) is 15.9 Å². The molecule has 13 heteroatoms. The number of benzene rings is 1. The second kappa shape index (κ2) is 7.03. The van der Waals surface area contributed by atoms with E-state index in [1.54, 1.807) is 0 Å². The molecule has 2 aromatic rings. The molecule has 3 rings (SSSR count). The number of piperidine rings is 1. The van der Waals surface area contributed by atoms with Crippen LogP contribution in [0.4, 0.5) is 26.3 Å². The molecule has 0 aliphatic carbocycles. The van der Waals surface area contributed by atoms with E-state index in [0.29, 0.717) is 6.07 Å². The lowest BCUT2D eigenvalue weighted by molar-refractivity contribution is -0.157. The average Bonchev–Trinajstić information content (AvgIpc) is 3.12. The van der Waals surface area contributed by atoms with Crippen LogP contribution in [0.15, 0.2) is 33.6 Å². The summed E-state index contributed by atoms with van der Waals surface area (Å²) in [7, 11) is -4.18. The third-order valence-corrected chi connectivity index (χ3v) is 6.18. The first-order chi connectivity index (χ1) is 12.9. The highest BCUT2D eigenvalue weighted by Crippen LogP contribution is 2.35. The Kier molecular flexibility index (Phi) is 5.17. The molecule has 1 aromatic heterocycles. The summed E-state index contributed by atoms with van der Waals surface area (Å²) in [6, 6.07) is 3.37. The standard InChI is InChI=1S/C15H13F6N3O3S/c16-14(17,18)10-2-1-3-11(8-10)28(25,26)24-6-4-9(5-7-24)12-22-23-13(27-12)15(19,20)21/h1-3,8-9H,4-7H2. The van der Waals surface area contributed by atoms with Gasteiger partial charge in [0, 0.05) is 19.0 Å². The summed E-state index contributed by atoms with van der Waals surface area (Å²) >= 11 is 0. The van der Waals surface area contributed by atoms with Gasteiger partial charge >= 0.3 is 18.2 Å². The van der Waals surface area contributed by atoms with Crippen LogP contribution in [0.3, 0.4) is 0 Å². The number of hydrogen-bond acceptors (Lipinski definition) is 5. The van der Waals surface area contributed by atoms with Crippen LogP contribution in [0.25, 0.3) is 0 Å². The largest absolute Gasteiger partial charge is 0.470 e. The van der Waals surface area contributed by atoms with Crippen molar-refractivity contribution in [2.45, 2.75) is 36.0 Å². The summed E-state index contributed by atoms with van der Waals surface area (Å²) in [6.07, 6.45) is -9.28. The van der Waals surface area contributed by atoms with Crippen molar-refractivity contribution in [2.75, 3.05) is 13.1 Å². The van der Waals surface area contributed by atoms with Gasteiger partial charge in [-0.1, -0.05) is 6.07 Å². The SMILES string of the molecule is O=S(=O)(c1cccc(C(F)(F)F)c1)N1CCC(c2nnc(C(F)(F)F)o2)CC1. The van der Waals surface area contributed by atoms with Crippen molar-refractivity contribution in [3.05, 3.63) is 41.6 Å². The quantitative estimate of drug-likeness (QED) is 0.696. The second-order valence-corrected chi connectivity index (χ2v) is 8.09. The van der Waals surface area contributed by atoms with Crippen LogP contribution in [0.5, 0.6) is 0 Å². The van der Waals surface area contributed by atoms with Crippen molar-refractivity contribution >= 4 is 10.0 Å². The lowest BCUT2D eigenvalue weighted by atomic mass is 9.98. The molecule has 1 aliphatic heterocycles. The Hall–Kier alpha value is -2.15. The number of halogens is 6. The van der Waals surface area contributed by atoms with E-state index in [9.17, 15) is 34.8 Å². The Balaban J connectivity index is 1.73. The maximum absolute atomic E-state index is 12.8. The van der Waals surface area contributed by atoms with Crippen molar-refractivity contribution < 1.29 is 39.2 Å². The first kappa shape index (κ1) is 20.6. The van der Waals surface area contributed by atoms with E-state index in [4.69, 9.17) is 0 Å². The zero-order valence-electron chi connectivity index (χ0n) is 14.0. The molecular formula is C15H13F6N3O3S. The number of aromatic nitrogens is 2. The van der Waals surface area contributed by atoms with Gasteiger partial charge < -0.3 is 4.42 Å². The Morgan fingerprint density at radius 1 is 1.00 bits per heavy atom. The van der Waals surface area contributed by atoms with Crippen LogP contribution < -0.4 is 0 Å². The predicted molar refractivity (Wildman–Crippen MR) is 81.5 cm³/mol. The van der Waals surface area contributed by atoms with Gasteiger partial charge in [0.25, 0.3) is 0 Å². The van der Waals surface area contributed by atoms with E-state index in [0.717, 1.165) is 22.5 Å². The zero-order chi connectivity index (χ0) is 20.7. The van der Waals surface area contributed by atoms with Gasteiger partial charge in [0.05, 0.1) is 10.5 Å². The van der Waals surface area contributed by atoms with Crippen LogP contribution >= 0.6 is 0 Å². The third kappa shape index (κ3) is 4.14. The molecule has 154 valence electrons. The van der Waals surface area contributed by atoms with Gasteiger partial charge in [-0.15, -0.1) is 10.2 Å². The molecule has 0 spiro atoms. The molecule has 2 heterocycles. The summed E-state index contributed by atoms with van der Waals surface area (Å²) < 4.78 is 107. The fraction of sp³-hybridized carbons (Fsp3) is 0.467. The van der Waals surface area contributed by atoms with Crippen molar-refractivity contribution in [1.82, 2.24) is 14.5 Å². The maximum Gasteiger partial charge on any atom is 0.470 e. The predicted octanol–water partition coefficient (Wildman–Crippen LogP) is 3.68. The molecule has 1 aliphatic rings. The molecule has 0 atom stereocenters. The molecule has 0 saturated carbocycles. The number of sulfonamides is 1. The highest BCUT2D eigenvalue weighted by Gasteiger charge is 2.40. The van der Waals surface area contributed by atoms with Gasteiger partial charge in [-0.05, 0) is 31.0 Å². The summed E-state index contributed by atoms with van der Waals surface area (Å²) in [4.78, 5) is -0.502. The fourth-order valence-corrected chi connectivity index (χ4v) is 4.36. The fourth-order valence-electron chi connectivity index (χ4n) is 2.84. The van der Waals surface area contributed by atoms with Crippen LogP contribution in [-0.2, 0) is 22.4 Å². The molecule has 28 heavy (non-hydrogen) atoms. The summed E-state index contributed by atoms with van der Waals surface area (Å²) in [5.74, 6) is -2.30. The Morgan fingerprint density at radius 2 is 1.64 bits per heavy atom. The second-order valence-electron chi connectivity index (χ2n) is 6.15. The lowest BCUT2D eigenvalue weighted by Crippen LogP contribution is -2.38. The van der Waals surface area contributed by atoms with Crippen LogP contribution in [0.1, 0.15) is 36.1 Å². The van der Waals surface area contributed by atoms with E-state index < -0.39 is 44.6 Å². The maximum atomic E-state index is 12.8. The molecule has 0 bridgehead atoms. The van der Waals surface area contributed by atoms with Crippen molar-refractivity contribution in [3.63, 3.8) is 0 Å². The van der Waals surface area contributed by atoms with Crippen molar-refractivity contribution in [1.29, 1.82) is 0 Å². The minimum atomic E-state index is -4.78. The molecule has 0 amide bonds. The molecular weight excluding hydrogens is 416 g/mol. The minimum Gasteiger partial charge on any atom is -0.417 e. The topological polar surface area (TPSA) is 76.3 Å². The van der Waals surface area contributed by atoms with E-state index in [2.05, 4.69) is 14.6 Å². The monoisotopic (exact) mass is 429 g/mol. The molecule has 0 radical (unpaired) electrons. The summed E-state index contributed by atoms with van der Waals surface area (Å²) in [6.45, 7) is -0.208. The molecule has 0 N–H and O–H groups in total. The van der Waals surface area contributed by atoms with Gasteiger partial charge in [0.1, 0.15) is 0 Å². The van der Waals surface area contributed by atoms with Crippen LogP contribution in [0, 0.1) is 0 Å². The Morgan fingerprint density at radius 3 is 2.18 bits per heavy atom. The number of nitrogens with zero attached hydrogens (tertiary/aromatic N) is 3. The van der Waals surface area contributed by atoms with Crippen molar-refractivity contribution in [2.24, 2.45) is 0 Å². The first-order valence-corrected chi connectivity index (χ1v) is 9.41. The highest BCUT2D eigenvalue weighted by molar-refractivity contribution is 7.89. The average molecular weight is 429 g/mol. The van der Waals surface area contributed by atoms with Gasteiger partial charge in [0.15, 0.2) is 0 Å². The number of rotatable bonds is 3. The molecule has 6 nitrogen and oxygen atoms in total. The smallest absolute Gasteiger partial charge is 0.417 e. The van der Waals surface area contributed by atoms with E-state index in [1.807, 2.05) is 0 Å². The van der Waals surface area contributed by atoms with Crippen molar-refractivity contribution in [3.8, 4) is 0 Å². The third-order valence-electron chi connectivity index (χ3n) is 4.29. The number of hydrogen-bond donors (Lipinski definition) is 0. The van der Waals surface area contributed by atoms with Gasteiger partial charge in [-0.3, -0.25) is 0 Å². The Bertz CT molecular complexity index is 946. The van der Waals surface area contributed by atoms with Gasteiger partial charge in [-0.2, -0.15) is 30.6 Å². The molecule has 1 aromatic carbocycles. The zero-order valence-corrected chi connectivity index (χ0v) is 14.8. The highest BCUT2D eigenvalue weighted by atomic mass is 32.2. The van der Waals surface area contributed by atoms with E-state index in [1.165, 1.54) is 0 Å². The summed E-state index contributed by atoms with van der Waals surface area (Å²) in [5.41, 5.74) is -1.09. The molecule has 0 unspecified atom stereocenters. The first-order valence-electron chi connectivity index (χ1n) is 7.97. The van der Waals surface area contributed by atoms with E-state index in [-0.39, 0.29) is 31.8 Å².